The third kappa shape index (κ3) is 3.85. The minimum atomic E-state index is -0.179. The van der Waals surface area contributed by atoms with Gasteiger partial charge in [0, 0.05) is 11.8 Å². The lowest BCUT2D eigenvalue weighted by Crippen LogP contribution is -2.48. The van der Waals surface area contributed by atoms with E-state index in [2.05, 4.69) is 0 Å². The number of hydrogen-bond acceptors (Lipinski definition) is 4. The smallest absolute Gasteiger partial charge is 0.309 e. The predicted molar refractivity (Wildman–Crippen MR) is 110 cm³/mol. The Hall–Kier alpha value is -1.06. The van der Waals surface area contributed by atoms with Crippen molar-refractivity contribution >= 4 is 11.9 Å². The first-order valence-corrected chi connectivity index (χ1v) is 12.6. The van der Waals surface area contributed by atoms with Gasteiger partial charge in [-0.1, -0.05) is 51.4 Å². The summed E-state index contributed by atoms with van der Waals surface area (Å²) in [6.45, 7) is 0. The quantitative estimate of drug-likeness (QED) is 0.589. The van der Waals surface area contributed by atoms with Crippen LogP contribution in [0.1, 0.15) is 96.3 Å². The molecule has 0 aromatic heterocycles. The van der Waals surface area contributed by atoms with Crippen molar-refractivity contribution < 1.29 is 19.1 Å². The Bertz CT molecular complexity index is 552. The molecule has 0 aliphatic heterocycles. The maximum atomic E-state index is 13.0. The average molecular weight is 403 g/mol. The van der Waals surface area contributed by atoms with Crippen LogP contribution in [0.3, 0.4) is 0 Å². The number of hydrogen-bond donors (Lipinski definition) is 0. The Balaban J connectivity index is 1.30. The topological polar surface area (TPSA) is 52.6 Å². The van der Waals surface area contributed by atoms with E-state index in [9.17, 15) is 9.59 Å². The van der Waals surface area contributed by atoms with E-state index >= 15 is 0 Å². The van der Waals surface area contributed by atoms with Crippen LogP contribution in [0.25, 0.3) is 0 Å². The molecule has 0 amide bonds. The fraction of sp³-hybridized carbons (Fsp3) is 0.920. The molecule has 0 aromatic carbocycles. The Kier molecular flexibility index (Phi) is 5.89. The zero-order chi connectivity index (χ0) is 19.8. The van der Waals surface area contributed by atoms with Gasteiger partial charge < -0.3 is 9.47 Å². The van der Waals surface area contributed by atoms with Gasteiger partial charge in [-0.15, -0.1) is 0 Å². The highest BCUT2D eigenvalue weighted by molar-refractivity contribution is 5.74. The standard InChI is InChI=1S/C25H38O4/c26-24(16-9-3-1-4-10-16)28-22-20-15-21(19-14-8-7-13-18(19)20)23(22)29-25(27)17-11-5-2-6-12-17/h16-23H,1-15H2. The number of ether oxygens (including phenoxy) is 2. The molecule has 4 nitrogen and oxygen atoms in total. The molecule has 5 aliphatic carbocycles. The zero-order valence-electron chi connectivity index (χ0n) is 17.9. The van der Waals surface area contributed by atoms with Crippen molar-refractivity contribution in [1.29, 1.82) is 0 Å². The van der Waals surface area contributed by atoms with Gasteiger partial charge in [0.15, 0.2) is 0 Å². The molecule has 0 saturated heterocycles. The summed E-state index contributed by atoms with van der Waals surface area (Å²) in [5.41, 5.74) is 0. The third-order valence-electron chi connectivity index (χ3n) is 9.07. The van der Waals surface area contributed by atoms with Gasteiger partial charge in [-0.2, -0.15) is 0 Å². The number of fused-ring (bicyclic) bond motifs is 5. The summed E-state index contributed by atoms with van der Waals surface area (Å²) in [5, 5.41) is 0. The fourth-order valence-electron chi connectivity index (χ4n) is 7.60. The van der Waals surface area contributed by atoms with Gasteiger partial charge in [-0.05, 0) is 56.8 Å². The molecule has 0 N–H and O–H groups in total. The van der Waals surface area contributed by atoms with E-state index in [0.29, 0.717) is 23.7 Å². The summed E-state index contributed by atoms with van der Waals surface area (Å²) in [4.78, 5) is 25.9. The molecule has 5 fully saturated rings. The second kappa shape index (κ2) is 8.59. The van der Waals surface area contributed by atoms with Crippen LogP contribution in [0.5, 0.6) is 0 Å². The molecule has 5 saturated carbocycles. The highest BCUT2D eigenvalue weighted by Gasteiger charge is 2.61. The molecule has 6 unspecified atom stereocenters. The summed E-state index contributed by atoms with van der Waals surface area (Å²) in [5.74, 6) is 2.33. The molecule has 0 radical (unpaired) electrons. The molecule has 0 spiro atoms. The van der Waals surface area contributed by atoms with Gasteiger partial charge in [-0.3, -0.25) is 9.59 Å². The highest BCUT2D eigenvalue weighted by atomic mass is 16.6. The van der Waals surface area contributed by atoms with E-state index in [4.69, 9.17) is 9.47 Å². The minimum Gasteiger partial charge on any atom is -0.458 e. The predicted octanol–water partition coefficient (Wildman–Crippen LogP) is 5.43. The first-order valence-electron chi connectivity index (χ1n) is 12.6. The lowest BCUT2D eigenvalue weighted by molar-refractivity contribution is -0.185. The SMILES string of the molecule is O=C(OC1C2CC(C3CCCCC32)C1OC(=O)C1CCCCC1)C1CCCCC1. The first kappa shape index (κ1) is 19.9. The largest absolute Gasteiger partial charge is 0.458 e. The van der Waals surface area contributed by atoms with Crippen LogP contribution in [0, 0.1) is 35.5 Å². The molecular weight excluding hydrogens is 364 g/mol. The molecule has 0 heterocycles. The third-order valence-corrected chi connectivity index (χ3v) is 9.07. The van der Waals surface area contributed by atoms with Crippen LogP contribution in [0.4, 0.5) is 0 Å². The molecule has 162 valence electrons. The van der Waals surface area contributed by atoms with Gasteiger partial charge in [0.25, 0.3) is 0 Å². The Morgan fingerprint density at radius 1 is 0.483 bits per heavy atom. The number of esters is 2. The van der Waals surface area contributed by atoms with Crippen LogP contribution in [-0.4, -0.2) is 24.1 Å². The Morgan fingerprint density at radius 3 is 1.28 bits per heavy atom. The molecule has 2 bridgehead atoms. The summed E-state index contributed by atoms with van der Waals surface area (Å²) >= 11 is 0. The van der Waals surface area contributed by atoms with Gasteiger partial charge in [0.05, 0.1) is 11.8 Å². The zero-order valence-corrected chi connectivity index (χ0v) is 17.9. The molecule has 6 atom stereocenters. The normalized spacial score (nSPS) is 40.4. The molecule has 0 aromatic rings. The summed E-state index contributed by atoms with van der Waals surface area (Å²) in [7, 11) is 0. The highest BCUT2D eigenvalue weighted by Crippen LogP contribution is 2.59. The van der Waals surface area contributed by atoms with Crippen molar-refractivity contribution in [3.8, 4) is 0 Å². The van der Waals surface area contributed by atoms with Gasteiger partial charge in [-0.25, -0.2) is 0 Å². The first-order chi connectivity index (χ1) is 14.2. The summed E-state index contributed by atoms with van der Waals surface area (Å²) in [6, 6.07) is 0. The number of carbonyl (C=O) groups is 2. The second-order valence-corrected chi connectivity index (χ2v) is 10.6. The van der Waals surface area contributed by atoms with Crippen LogP contribution in [0.15, 0.2) is 0 Å². The fourth-order valence-corrected chi connectivity index (χ4v) is 7.60. The van der Waals surface area contributed by atoms with Crippen molar-refractivity contribution in [3.63, 3.8) is 0 Å². The van der Waals surface area contributed by atoms with Crippen LogP contribution < -0.4 is 0 Å². The Morgan fingerprint density at radius 2 is 0.862 bits per heavy atom. The second-order valence-electron chi connectivity index (χ2n) is 10.6. The molecule has 5 aliphatic rings. The van der Waals surface area contributed by atoms with E-state index in [1.54, 1.807) is 0 Å². The Labute approximate surface area is 175 Å². The number of rotatable bonds is 4. The van der Waals surface area contributed by atoms with E-state index < -0.39 is 0 Å². The van der Waals surface area contributed by atoms with E-state index in [1.165, 1.54) is 38.5 Å². The maximum Gasteiger partial charge on any atom is 0.309 e. The van der Waals surface area contributed by atoms with Gasteiger partial charge in [0.1, 0.15) is 12.2 Å². The van der Waals surface area contributed by atoms with Crippen molar-refractivity contribution in [2.75, 3.05) is 0 Å². The molecular formula is C25H38O4. The maximum absolute atomic E-state index is 13.0. The minimum absolute atomic E-state index is 0.00618. The van der Waals surface area contributed by atoms with Crippen molar-refractivity contribution in [3.05, 3.63) is 0 Å². The van der Waals surface area contributed by atoms with Crippen LogP contribution >= 0.6 is 0 Å². The average Bonchev–Trinajstić information content (AvgIpc) is 3.32. The lowest BCUT2D eigenvalue weighted by Gasteiger charge is -2.43. The van der Waals surface area contributed by atoms with Crippen molar-refractivity contribution in [2.45, 2.75) is 109 Å². The van der Waals surface area contributed by atoms with Crippen molar-refractivity contribution in [2.24, 2.45) is 35.5 Å². The molecule has 29 heavy (non-hydrogen) atoms. The van der Waals surface area contributed by atoms with E-state index in [-0.39, 0.29) is 36.0 Å². The number of carbonyl (C=O) groups excluding carboxylic acids is 2. The van der Waals surface area contributed by atoms with Crippen LogP contribution in [-0.2, 0) is 19.1 Å². The summed E-state index contributed by atoms with van der Waals surface area (Å²) < 4.78 is 12.4. The van der Waals surface area contributed by atoms with Gasteiger partial charge >= 0.3 is 11.9 Å². The van der Waals surface area contributed by atoms with E-state index in [1.807, 2.05) is 0 Å². The molecule has 4 heteroatoms. The lowest BCUT2D eigenvalue weighted by atomic mass is 9.69. The van der Waals surface area contributed by atoms with Gasteiger partial charge in [0.2, 0.25) is 0 Å². The van der Waals surface area contributed by atoms with Crippen molar-refractivity contribution in [1.82, 2.24) is 0 Å². The summed E-state index contributed by atoms with van der Waals surface area (Å²) in [6.07, 6.45) is 16.8. The van der Waals surface area contributed by atoms with Crippen LogP contribution in [0.2, 0.25) is 0 Å². The monoisotopic (exact) mass is 402 g/mol. The van der Waals surface area contributed by atoms with E-state index in [0.717, 1.165) is 57.8 Å². The molecule has 5 rings (SSSR count).